The van der Waals surface area contributed by atoms with Gasteiger partial charge in [0.1, 0.15) is 11.6 Å². The molecule has 1 atom stereocenters. The SMILES string of the molecule is Cc1nc(C2CC(=O)N(c3ccc(F)cc3F)C2)no1. The van der Waals surface area contributed by atoms with Gasteiger partial charge in [0.2, 0.25) is 11.8 Å². The van der Waals surface area contributed by atoms with Crippen molar-refractivity contribution in [2.75, 3.05) is 11.4 Å². The van der Waals surface area contributed by atoms with Crippen LogP contribution in [0.25, 0.3) is 0 Å². The molecule has 0 N–H and O–H groups in total. The van der Waals surface area contributed by atoms with Gasteiger partial charge in [0.05, 0.1) is 5.69 Å². The summed E-state index contributed by atoms with van der Waals surface area (Å²) >= 11 is 0. The highest BCUT2D eigenvalue weighted by Gasteiger charge is 2.35. The molecule has 1 saturated heterocycles. The van der Waals surface area contributed by atoms with Gasteiger partial charge in [0.25, 0.3) is 0 Å². The highest BCUT2D eigenvalue weighted by molar-refractivity contribution is 5.96. The minimum Gasteiger partial charge on any atom is -0.340 e. The molecule has 0 aliphatic carbocycles. The predicted octanol–water partition coefficient (Wildman–Crippen LogP) is 2.18. The van der Waals surface area contributed by atoms with Crippen LogP contribution in [0.2, 0.25) is 0 Å². The number of hydrogen-bond acceptors (Lipinski definition) is 4. The number of aromatic nitrogens is 2. The molecule has 1 unspecified atom stereocenters. The second-order valence-electron chi connectivity index (χ2n) is 4.67. The van der Waals surface area contributed by atoms with Crippen molar-refractivity contribution >= 4 is 11.6 Å². The molecule has 7 heteroatoms. The van der Waals surface area contributed by atoms with Gasteiger partial charge in [0, 0.05) is 31.9 Å². The maximum atomic E-state index is 13.7. The number of amides is 1. The zero-order valence-corrected chi connectivity index (χ0v) is 10.6. The van der Waals surface area contributed by atoms with Crippen molar-refractivity contribution in [1.82, 2.24) is 10.1 Å². The second kappa shape index (κ2) is 4.66. The van der Waals surface area contributed by atoms with Gasteiger partial charge in [-0.15, -0.1) is 0 Å². The minimum atomic E-state index is -0.761. The Hall–Kier alpha value is -2.31. The van der Waals surface area contributed by atoms with Gasteiger partial charge >= 0.3 is 0 Å². The Kier molecular flexibility index (Phi) is 2.96. The maximum Gasteiger partial charge on any atom is 0.227 e. The second-order valence-corrected chi connectivity index (χ2v) is 4.67. The first-order valence-electron chi connectivity index (χ1n) is 6.10. The van der Waals surface area contributed by atoms with E-state index >= 15 is 0 Å². The summed E-state index contributed by atoms with van der Waals surface area (Å²) < 4.78 is 31.5. The lowest BCUT2D eigenvalue weighted by atomic mass is 10.1. The molecule has 104 valence electrons. The van der Waals surface area contributed by atoms with Crippen molar-refractivity contribution in [3.05, 3.63) is 41.5 Å². The summed E-state index contributed by atoms with van der Waals surface area (Å²) in [5.41, 5.74) is 0.0686. The summed E-state index contributed by atoms with van der Waals surface area (Å²) in [5.74, 6) is -1.08. The summed E-state index contributed by atoms with van der Waals surface area (Å²) in [5, 5.41) is 3.78. The third kappa shape index (κ3) is 2.15. The summed E-state index contributed by atoms with van der Waals surface area (Å²) in [4.78, 5) is 17.3. The van der Waals surface area contributed by atoms with Crippen LogP contribution in [0.5, 0.6) is 0 Å². The number of nitrogens with zero attached hydrogens (tertiary/aromatic N) is 3. The van der Waals surface area contributed by atoms with Gasteiger partial charge < -0.3 is 9.42 Å². The summed E-state index contributed by atoms with van der Waals surface area (Å²) in [6.07, 6.45) is 0.176. The maximum absolute atomic E-state index is 13.7. The van der Waals surface area contributed by atoms with Gasteiger partial charge in [0.15, 0.2) is 5.82 Å². The average molecular weight is 279 g/mol. The van der Waals surface area contributed by atoms with Crippen molar-refractivity contribution in [1.29, 1.82) is 0 Å². The Morgan fingerprint density at radius 1 is 1.40 bits per heavy atom. The third-order valence-electron chi connectivity index (χ3n) is 3.23. The van der Waals surface area contributed by atoms with Crippen LogP contribution in [0.1, 0.15) is 24.1 Å². The fourth-order valence-corrected chi connectivity index (χ4v) is 2.29. The summed E-state index contributed by atoms with van der Waals surface area (Å²) in [7, 11) is 0. The van der Waals surface area contributed by atoms with Crippen molar-refractivity contribution in [2.24, 2.45) is 0 Å². The lowest BCUT2D eigenvalue weighted by Gasteiger charge is -2.16. The van der Waals surface area contributed by atoms with Gasteiger partial charge in [-0.2, -0.15) is 4.98 Å². The van der Waals surface area contributed by atoms with Crippen LogP contribution in [-0.4, -0.2) is 22.6 Å². The fraction of sp³-hybridized carbons (Fsp3) is 0.308. The van der Waals surface area contributed by atoms with Crippen LogP contribution in [0.4, 0.5) is 14.5 Å². The molecule has 1 aromatic carbocycles. The zero-order chi connectivity index (χ0) is 14.3. The number of aryl methyl sites for hydroxylation is 1. The van der Waals surface area contributed by atoms with Crippen molar-refractivity contribution in [3.63, 3.8) is 0 Å². The zero-order valence-electron chi connectivity index (χ0n) is 10.6. The smallest absolute Gasteiger partial charge is 0.227 e. The number of hydrogen-bond donors (Lipinski definition) is 0. The Morgan fingerprint density at radius 2 is 2.20 bits per heavy atom. The topological polar surface area (TPSA) is 59.2 Å². The van der Waals surface area contributed by atoms with E-state index in [1.807, 2.05) is 0 Å². The first kappa shape index (κ1) is 12.7. The standard InChI is InChI=1S/C13H11F2N3O2/c1-7-16-13(17-20-7)8-4-12(19)18(6-8)11-3-2-9(14)5-10(11)15/h2-3,5,8H,4,6H2,1H3. The number of carbonyl (C=O) groups is 1. The largest absolute Gasteiger partial charge is 0.340 e. The van der Waals surface area contributed by atoms with E-state index in [0.717, 1.165) is 12.1 Å². The third-order valence-corrected chi connectivity index (χ3v) is 3.23. The van der Waals surface area contributed by atoms with E-state index in [1.54, 1.807) is 6.92 Å². The van der Waals surface area contributed by atoms with E-state index in [9.17, 15) is 13.6 Å². The van der Waals surface area contributed by atoms with Crippen molar-refractivity contribution in [2.45, 2.75) is 19.3 Å². The van der Waals surface area contributed by atoms with Crippen LogP contribution >= 0.6 is 0 Å². The number of carbonyl (C=O) groups excluding carboxylic acids is 1. The van der Waals surface area contributed by atoms with E-state index in [4.69, 9.17) is 4.52 Å². The molecular weight excluding hydrogens is 268 g/mol. The van der Waals surface area contributed by atoms with Gasteiger partial charge in [-0.1, -0.05) is 5.16 Å². The normalized spacial score (nSPS) is 18.9. The van der Waals surface area contributed by atoms with Crippen LogP contribution in [-0.2, 0) is 4.79 Å². The fourth-order valence-electron chi connectivity index (χ4n) is 2.29. The quantitative estimate of drug-likeness (QED) is 0.845. The molecule has 1 aliphatic heterocycles. The monoisotopic (exact) mass is 279 g/mol. The Balaban J connectivity index is 1.87. The van der Waals surface area contributed by atoms with Crippen LogP contribution in [0.3, 0.4) is 0 Å². The van der Waals surface area contributed by atoms with E-state index in [2.05, 4.69) is 10.1 Å². The predicted molar refractivity (Wildman–Crippen MR) is 65.1 cm³/mol. The molecule has 2 heterocycles. The van der Waals surface area contributed by atoms with Crippen LogP contribution < -0.4 is 4.90 Å². The van der Waals surface area contributed by atoms with E-state index < -0.39 is 11.6 Å². The average Bonchev–Trinajstić information content (AvgIpc) is 2.96. The molecule has 5 nitrogen and oxygen atoms in total. The lowest BCUT2D eigenvalue weighted by molar-refractivity contribution is -0.117. The van der Waals surface area contributed by atoms with E-state index in [1.165, 1.54) is 11.0 Å². The molecule has 0 saturated carbocycles. The lowest BCUT2D eigenvalue weighted by Crippen LogP contribution is -2.25. The number of halogens is 2. The number of rotatable bonds is 2. The molecule has 1 amide bonds. The molecule has 2 aromatic rings. The minimum absolute atomic E-state index is 0.0686. The van der Waals surface area contributed by atoms with E-state index in [-0.39, 0.29) is 30.5 Å². The molecule has 1 aromatic heterocycles. The highest BCUT2D eigenvalue weighted by Crippen LogP contribution is 2.31. The molecule has 0 radical (unpaired) electrons. The molecule has 0 spiro atoms. The first-order chi connectivity index (χ1) is 9.54. The number of benzene rings is 1. The van der Waals surface area contributed by atoms with Crippen LogP contribution in [0.15, 0.2) is 22.7 Å². The summed E-state index contributed by atoms with van der Waals surface area (Å²) in [6.45, 7) is 1.91. The Morgan fingerprint density at radius 3 is 2.85 bits per heavy atom. The van der Waals surface area contributed by atoms with Crippen molar-refractivity contribution in [3.8, 4) is 0 Å². The van der Waals surface area contributed by atoms with Crippen molar-refractivity contribution < 1.29 is 18.1 Å². The Labute approximate surface area is 113 Å². The van der Waals surface area contributed by atoms with Gasteiger partial charge in [-0.05, 0) is 12.1 Å². The first-order valence-corrected chi connectivity index (χ1v) is 6.10. The van der Waals surface area contributed by atoms with Crippen LogP contribution in [0, 0.1) is 18.6 Å². The van der Waals surface area contributed by atoms with E-state index in [0.29, 0.717) is 11.7 Å². The molecule has 20 heavy (non-hydrogen) atoms. The highest BCUT2D eigenvalue weighted by atomic mass is 19.1. The molecule has 1 aliphatic rings. The Bertz CT molecular complexity index is 671. The van der Waals surface area contributed by atoms with Gasteiger partial charge in [-0.25, -0.2) is 8.78 Å². The molecule has 0 bridgehead atoms. The molecule has 1 fully saturated rings. The molecular formula is C13H11F2N3O2. The molecule has 3 rings (SSSR count). The van der Waals surface area contributed by atoms with Gasteiger partial charge in [-0.3, -0.25) is 4.79 Å². The number of anilines is 1. The summed E-state index contributed by atoms with van der Waals surface area (Å²) in [6, 6.07) is 3.14.